The molecule has 0 radical (unpaired) electrons. The van der Waals surface area contributed by atoms with Gasteiger partial charge in [-0.25, -0.2) is 4.98 Å². The number of thiazole rings is 1. The molecule has 4 nitrogen and oxygen atoms in total. The zero-order chi connectivity index (χ0) is 18.5. The van der Waals surface area contributed by atoms with Crippen molar-refractivity contribution < 1.29 is 9.53 Å². The Labute approximate surface area is 169 Å². The Morgan fingerprint density at radius 2 is 2.04 bits per heavy atom. The van der Waals surface area contributed by atoms with Crippen molar-refractivity contribution in [3.8, 4) is 5.75 Å². The number of aryl methyl sites for hydroxylation is 1. The minimum absolute atomic E-state index is 0.0911. The molecule has 0 unspecified atom stereocenters. The van der Waals surface area contributed by atoms with Crippen LogP contribution >= 0.6 is 38.9 Å². The lowest BCUT2D eigenvalue weighted by Crippen LogP contribution is -2.14. The van der Waals surface area contributed by atoms with Crippen LogP contribution in [0.1, 0.15) is 16.3 Å². The molecule has 26 heavy (non-hydrogen) atoms. The fraction of sp³-hybridized carbons (Fsp3) is 0.158. The molecule has 0 spiro atoms. The Morgan fingerprint density at radius 3 is 2.77 bits per heavy atom. The number of hydrogen-bond donors (Lipinski definition) is 1. The first-order chi connectivity index (χ1) is 12.5. The second-order valence-corrected chi connectivity index (χ2v) is 7.95. The average molecular weight is 452 g/mol. The maximum Gasteiger partial charge on any atom is 0.231 e. The van der Waals surface area contributed by atoms with Gasteiger partial charge in [-0.15, -0.1) is 11.3 Å². The maximum atomic E-state index is 12.1. The summed E-state index contributed by atoms with van der Waals surface area (Å²) in [4.78, 5) is 16.6. The molecule has 3 aromatic rings. The van der Waals surface area contributed by atoms with Crippen molar-refractivity contribution in [2.24, 2.45) is 0 Å². The molecule has 1 aromatic heterocycles. The standard InChI is InChI=1S/C19H16BrClN2O2S/c1-12-2-5-14(6-3-12)22-18(24)9-19-23-15(11-26-19)10-25-17-7-4-13(20)8-16(17)21/h2-8,11H,9-10H2,1H3,(H,22,24). The maximum absolute atomic E-state index is 12.1. The molecule has 0 saturated heterocycles. The number of halogens is 2. The summed E-state index contributed by atoms with van der Waals surface area (Å²) in [5.74, 6) is 0.508. The highest BCUT2D eigenvalue weighted by atomic mass is 79.9. The van der Waals surface area contributed by atoms with E-state index < -0.39 is 0 Å². The van der Waals surface area contributed by atoms with E-state index in [1.165, 1.54) is 11.3 Å². The number of aromatic nitrogens is 1. The molecule has 0 aliphatic carbocycles. The van der Waals surface area contributed by atoms with E-state index in [-0.39, 0.29) is 12.3 Å². The molecule has 3 rings (SSSR count). The van der Waals surface area contributed by atoms with Crippen LogP contribution in [-0.4, -0.2) is 10.9 Å². The van der Waals surface area contributed by atoms with Gasteiger partial charge in [0.25, 0.3) is 0 Å². The number of nitrogens with zero attached hydrogens (tertiary/aromatic N) is 1. The Balaban J connectivity index is 1.54. The molecule has 2 aromatic carbocycles. The molecule has 1 N–H and O–H groups in total. The molecule has 0 bridgehead atoms. The number of carbonyl (C=O) groups is 1. The minimum Gasteiger partial charge on any atom is -0.486 e. The topological polar surface area (TPSA) is 51.2 Å². The van der Waals surface area contributed by atoms with Gasteiger partial charge in [-0.1, -0.05) is 45.2 Å². The molecule has 0 fully saturated rings. The van der Waals surface area contributed by atoms with Crippen LogP contribution < -0.4 is 10.1 Å². The lowest BCUT2D eigenvalue weighted by atomic mass is 10.2. The van der Waals surface area contributed by atoms with Crippen molar-refractivity contribution in [3.05, 3.63) is 73.6 Å². The van der Waals surface area contributed by atoms with E-state index in [1.54, 1.807) is 12.1 Å². The van der Waals surface area contributed by atoms with Gasteiger partial charge < -0.3 is 10.1 Å². The van der Waals surface area contributed by atoms with Crippen LogP contribution in [0, 0.1) is 6.92 Å². The van der Waals surface area contributed by atoms with Crippen molar-refractivity contribution in [1.82, 2.24) is 4.98 Å². The predicted molar refractivity (Wildman–Crippen MR) is 109 cm³/mol. The van der Waals surface area contributed by atoms with Crippen LogP contribution in [0.4, 0.5) is 5.69 Å². The Bertz CT molecular complexity index is 912. The number of carbonyl (C=O) groups excluding carboxylic acids is 1. The second-order valence-electron chi connectivity index (χ2n) is 5.69. The summed E-state index contributed by atoms with van der Waals surface area (Å²) in [6.45, 7) is 2.31. The van der Waals surface area contributed by atoms with E-state index in [4.69, 9.17) is 16.3 Å². The highest BCUT2D eigenvalue weighted by Gasteiger charge is 2.10. The van der Waals surface area contributed by atoms with Crippen LogP contribution in [-0.2, 0) is 17.8 Å². The van der Waals surface area contributed by atoms with Crippen LogP contribution in [0.5, 0.6) is 5.75 Å². The largest absolute Gasteiger partial charge is 0.486 e. The van der Waals surface area contributed by atoms with Crippen LogP contribution in [0.15, 0.2) is 52.3 Å². The van der Waals surface area contributed by atoms with E-state index in [0.717, 1.165) is 26.4 Å². The van der Waals surface area contributed by atoms with Gasteiger partial charge in [0.05, 0.1) is 17.1 Å². The number of ether oxygens (including phenoxy) is 1. The van der Waals surface area contributed by atoms with Gasteiger partial charge in [-0.2, -0.15) is 0 Å². The monoisotopic (exact) mass is 450 g/mol. The van der Waals surface area contributed by atoms with Gasteiger partial charge in [-0.05, 0) is 37.3 Å². The molecular formula is C19H16BrClN2O2S. The van der Waals surface area contributed by atoms with Gasteiger partial charge in [0.2, 0.25) is 5.91 Å². The van der Waals surface area contributed by atoms with Gasteiger partial charge in [0, 0.05) is 15.5 Å². The quantitative estimate of drug-likeness (QED) is 0.528. The number of hydrogen-bond acceptors (Lipinski definition) is 4. The minimum atomic E-state index is -0.0911. The summed E-state index contributed by atoms with van der Waals surface area (Å²) in [6.07, 6.45) is 0.234. The van der Waals surface area contributed by atoms with E-state index in [2.05, 4.69) is 26.2 Å². The average Bonchev–Trinajstić information content (AvgIpc) is 3.03. The third-order valence-electron chi connectivity index (χ3n) is 3.52. The van der Waals surface area contributed by atoms with Gasteiger partial charge in [-0.3, -0.25) is 4.79 Å². The van der Waals surface area contributed by atoms with Crippen LogP contribution in [0.25, 0.3) is 0 Å². The highest BCUT2D eigenvalue weighted by Crippen LogP contribution is 2.28. The van der Waals surface area contributed by atoms with Crippen molar-refractivity contribution in [2.45, 2.75) is 20.0 Å². The molecule has 134 valence electrons. The smallest absolute Gasteiger partial charge is 0.231 e. The van der Waals surface area contributed by atoms with E-state index >= 15 is 0 Å². The summed E-state index contributed by atoms with van der Waals surface area (Å²) in [6, 6.07) is 13.1. The molecule has 0 saturated carbocycles. The fourth-order valence-electron chi connectivity index (χ4n) is 2.22. The number of rotatable bonds is 6. The van der Waals surface area contributed by atoms with E-state index in [9.17, 15) is 4.79 Å². The van der Waals surface area contributed by atoms with Crippen molar-refractivity contribution in [2.75, 3.05) is 5.32 Å². The molecule has 1 amide bonds. The van der Waals surface area contributed by atoms with E-state index in [1.807, 2.05) is 42.6 Å². The Morgan fingerprint density at radius 1 is 1.27 bits per heavy atom. The summed E-state index contributed by atoms with van der Waals surface area (Å²) in [5.41, 5.74) is 2.70. The van der Waals surface area contributed by atoms with E-state index in [0.29, 0.717) is 17.4 Å². The van der Waals surface area contributed by atoms with Crippen LogP contribution in [0.3, 0.4) is 0 Å². The molecule has 1 heterocycles. The third kappa shape index (κ3) is 5.30. The predicted octanol–water partition coefficient (Wildman–Crippen LogP) is 5.63. The summed E-state index contributed by atoms with van der Waals surface area (Å²) >= 11 is 10.9. The SMILES string of the molecule is Cc1ccc(NC(=O)Cc2nc(COc3ccc(Br)cc3Cl)cs2)cc1. The zero-order valence-electron chi connectivity index (χ0n) is 14.0. The summed E-state index contributed by atoms with van der Waals surface area (Å²) in [5, 5.41) is 6.04. The molecule has 0 aliphatic heterocycles. The van der Waals surface area contributed by atoms with Crippen molar-refractivity contribution in [1.29, 1.82) is 0 Å². The first-order valence-electron chi connectivity index (χ1n) is 7.87. The number of benzene rings is 2. The number of nitrogens with one attached hydrogen (secondary N) is 1. The first-order valence-corrected chi connectivity index (χ1v) is 9.92. The van der Waals surface area contributed by atoms with Crippen LogP contribution in [0.2, 0.25) is 5.02 Å². The fourth-order valence-corrected chi connectivity index (χ4v) is 3.72. The molecule has 0 aliphatic rings. The molecule has 0 atom stereocenters. The number of amides is 1. The Kier molecular flexibility index (Phi) is 6.29. The summed E-state index contributed by atoms with van der Waals surface area (Å²) in [7, 11) is 0. The zero-order valence-corrected chi connectivity index (χ0v) is 17.1. The van der Waals surface area contributed by atoms with Gasteiger partial charge in [0.1, 0.15) is 17.4 Å². The summed E-state index contributed by atoms with van der Waals surface area (Å²) < 4.78 is 6.59. The third-order valence-corrected chi connectivity index (χ3v) is 5.20. The highest BCUT2D eigenvalue weighted by molar-refractivity contribution is 9.10. The molecular weight excluding hydrogens is 436 g/mol. The van der Waals surface area contributed by atoms with Crippen molar-refractivity contribution >= 4 is 50.5 Å². The van der Waals surface area contributed by atoms with Crippen molar-refractivity contribution in [3.63, 3.8) is 0 Å². The molecule has 7 heteroatoms. The lowest BCUT2D eigenvalue weighted by Gasteiger charge is -2.06. The normalized spacial score (nSPS) is 10.6. The number of anilines is 1. The lowest BCUT2D eigenvalue weighted by molar-refractivity contribution is -0.115. The Hall–Kier alpha value is -1.89. The second kappa shape index (κ2) is 8.66. The van der Waals surface area contributed by atoms with Gasteiger partial charge in [0.15, 0.2) is 0 Å². The first kappa shape index (κ1) is 18.9. The van der Waals surface area contributed by atoms with Gasteiger partial charge >= 0.3 is 0 Å².